The Labute approximate surface area is 147 Å². The molecule has 0 bridgehead atoms. The molecule has 3 aromatic rings. The molecule has 4 nitrogen and oxygen atoms in total. The molecular weight excluding hydrogens is 312 g/mol. The van der Waals surface area contributed by atoms with Crippen LogP contribution in [0, 0.1) is 0 Å². The second-order valence-electron chi connectivity index (χ2n) is 5.74. The fourth-order valence-corrected chi connectivity index (χ4v) is 2.77. The number of ether oxygens (including phenoxy) is 1. The summed E-state index contributed by atoms with van der Waals surface area (Å²) < 4.78 is 5.45. The lowest BCUT2D eigenvalue weighted by Gasteiger charge is -2.13. The minimum absolute atomic E-state index is 0.225. The van der Waals surface area contributed by atoms with Crippen LogP contribution in [0.3, 0.4) is 0 Å². The third-order valence-corrected chi connectivity index (χ3v) is 4.05. The van der Waals surface area contributed by atoms with E-state index in [0.29, 0.717) is 19.8 Å². The number of amides is 2. The van der Waals surface area contributed by atoms with Crippen molar-refractivity contribution in [3.05, 3.63) is 77.9 Å². The van der Waals surface area contributed by atoms with Gasteiger partial charge in [-0.3, -0.25) is 0 Å². The molecule has 128 valence electrons. The molecule has 0 aliphatic heterocycles. The second kappa shape index (κ2) is 8.31. The summed E-state index contributed by atoms with van der Waals surface area (Å²) in [6.45, 7) is 3.55. The van der Waals surface area contributed by atoms with Crippen molar-refractivity contribution in [3.8, 4) is 0 Å². The smallest absolute Gasteiger partial charge is 0.319 e. The number of anilines is 1. The van der Waals surface area contributed by atoms with Crippen molar-refractivity contribution in [2.75, 3.05) is 11.9 Å². The van der Waals surface area contributed by atoms with Crippen LogP contribution in [0.25, 0.3) is 10.8 Å². The summed E-state index contributed by atoms with van der Waals surface area (Å²) in [5.74, 6) is 0. The molecule has 3 aromatic carbocycles. The Morgan fingerprint density at radius 1 is 0.920 bits per heavy atom. The van der Waals surface area contributed by atoms with Crippen LogP contribution in [0.15, 0.2) is 66.7 Å². The summed E-state index contributed by atoms with van der Waals surface area (Å²) in [5.41, 5.74) is 2.83. The summed E-state index contributed by atoms with van der Waals surface area (Å²) in [4.78, 5) is 12.3. The van der Waals surface area contributed by atoms with E-state index >= 15 is 0 Å². The second-order valence-corrected chi connectivity index (χ2v) is 5.74. The zero-order chi connectivity index (χ0) is 17.5. The summed E-state index contributed by atoms with van der Waals surface area (Å²) in [7, 11) is 0. The normalized spacial score (nSPS) is 10.6. The molecule has 0 saturated heterocycles. The van der Waals surface area contributed by atoms with E-state index in [2.05, 4.69) is 28.8 Å². The quantitative estimate of drug-likeness (QED) is 0.686. The monoisotopic (exact) mass is 334 g/mol. The van der Waals surface area contributed by atoms with Crippen LogP contribution in [0.5, 0.6) is 0 Å². The van der Waals surface area contributed by atoms with Gasteiger partial charge >= 0.3 is 6.03 Å². The van der Waals surface area contributed by atoms with Crippen molar-refractivity contribution in [1.82, 2.24) is 5.32 Å². The average molecular weight is 334 g/mol. The van der Waals surface area contributed by atoms with Gasteiger partial charge in [-0.2, -0.15) is 0 Å². The minimum Gasteiger partial charge on any atom is -0.377 e. The van der Waals surface area contributed by atoms with Crippen molar-refractivity contribution in [2.24, 2.45) is 0 Å². The standard InChI is InChI=1S/C21H22N2O2/c1-2-25-15-18-9-4-6-13-20(18)23-21(24)22-14-17-11-7-10-16-8-3-5-12-19(16)17/h3-13H,2,14-15H2,1H3,(H2,22,23,24). The Kier molecular flexibility index (Phi) is 5.65. The SMILES string of the molecule is CCOCc1ccccc1NC(=O)NCc1cccc2ccccc12. The van der Waals surface area contributed by atoms with Crippen molar-refractivity contribution in [1.29, 1.82) is 0 Å². The Hall–Kier alpha value is -2.85. The lowest BCUT2D eigenvalue weighted by atomic mass is 10.0. The van der Waals surface area contributed by atoms with Gasteiger partial charge in [0.05, 0.1) is 6.61 Å². The first kappa shape index (κ1) is 17.0. The third kappa shape index (κ3) is 4.37. The Morgan fingerprint density at radius 2 is 1.64 bits per heavy atom. The zero-order valence-electron chi connectivity index (χ0n) is 14.3. The molecule has 4 heteroatoms. The maximum absolute atomic E-state index is 12.3. The van der Waals surface area contributed by atoms with E-state index in [4.69, 9.17) is 4.74 Å². The summed E-state index contributed by atoms with van der Waals surface area (Å²) in [6, 6.07) is 21.7. The van der Waals surface area contributed by atoms with Gasteiger partial charge in [-0.15, -0.1) is 0 Å². The molecule has 0 heterocycles. The fraction of sp³-hybridized carbons (Fsp3) is 0.190. The Bertz CT molecular complexity index is 856. The number of fused-ring (bicyclic) bond motifs is 1. The van der Waals surface area contributed by atoms with Crippen LogP contribution >= 0.6 is 0 Å². The molecule has 0 atom stereocenters. The van der Waals surface area contributed by atoms with Crippen LogP contribution in [-0.2, 0) is 17.9 Å². The van der Waals surface area contributed by atoms with E-state index < -0.39 is 0 Å². The fourth-order valence-electron chi connectivity index (χ4n) is 2.77. The highest BCUT2D eigenvalue weighted by Crippen LogP contribution is 2.19. The van der Waals surface area contributed by atoms with E-state index in [-0.39, 0.29) is 6.03 Å². The number of hydrogen-bond donors (Lipinski definition) is 2. The molecule has 0 aliphatic rings. The van der Waals surface area contributed by atoms with Crippen LogP contribution in [0.4, 0.5) is 10.5 Å². The predicted octanol–water partition coefficient (Wildman–Crippen LogP) is 4.70. The maximum Gasteiger partial charge on any atom is 0.319 e. The Morgan fingerprint density at radius 3 is 2.52 bits per heavy atom. The number of para-hydroxylation sites is 1. The molecule has 25 heavy (non-hydrogen) atoms. The number of nitrogens with one attached hydrogen (secondary N) is 2. The van der Waals surface area contributed by atoms with Gasteiger partial charge in [0.1, 0.15) is 0 Å². The van der Waals surface area contributed by atoms with E-state index in [1.54, 1.807) is 0 Å². The summed E-state index contributed by atoms with van der Waals surface area (Å²) in [6.07, 6.45) is 0. The molecule has 0 fully saturated rings. The molecule has 0 saturated carbocycles. The first-order valence-electron chi connectivity index (χ1n) is 8.45. The van der Waals surface area contributed by atoms with E-state index in [0.717, 1.165) is 22.2 Å². The lowest BCUT2D eigenvalue weighted by Crippen LogP contribution is -2.28. The largest absolute Gasteiger partial charge is 0.377 e. The molecular formula is C21H22N2O2. The molecule has 0 radical (unpaired) electrons. The number of hydrogen-bond acceptors (Lipinski definition) is 2. The molecule has 3 rings (SSSR count). The number of carbonyl (C=O) groups is 1. The third-order valence-electron chi connectivity index (χ3n) is 4.05. The summed E-state index contributed by atoms with van der Waals surface area (Å²) in [5, 5.41) is 8.17. The van der Waals surface area contributed by atoms with Crippen molar-refractivity contribution in [3.63, 3.8) is 0 Å². The van der Waals surface area contributed by atoms with Crippen LogP contribution < -0.4 is 10.6 Å². The maximum atomic E-state index is 12.3. The molecule has 0 aromatic heterocycles. The topological polar surface area (TPSA) is 50.4 Å². The van der Waals surface area contributed by atoms with Gasteiger partial charge in [0.25, 0.3) is 0 Å². The van der Waals surface area contributed by atoms with E-state index in [1.165, 1.54) is 5.39 Å². The highest BCUT2D eigenvalue weighted by Gasteiger charge is 2.07. The number of carbonyl (C=O) groups excluding carboxylic acids is 1. The van der Waals surface area contributed by atoms with Gasteiger partial charge in [0.2, 0.25) is 0 Å². The molecule has 0 unspecified atom stereocenters. The molecule has 2 amide bonds. The highest BCUT2D eigenvalue weighted by molar-refractivity contribution is 5.91. The van der Waals surface area contributed by atoms with Crippen LogP contribution in [-0.4, -0.2) is 12.6 Å². The van der Waals surface area contributed by atoms with Gasteiger partial charge in [0, 0.05) is 24.4 Å². The van der Waals surface area contributed by atoms with Gasteiger partial charge in [-0.05, 0) is 29.3 Å². The number of benzene rings is 3. The first-order chi connectivity index (χ1) is 12.3. The van der Waals surface area contributed by atoms with Crippen molar-refractivity contribution >= 4 is 22.5 Å². The van der Waals surface area contributed by atoms with Crippen LogP contribution in [0.1, 0.15) is 18.1 Å². The van der Waals surface area contributed by atoms with Gasteiger partial charge < -0.3 is 15.4 Å². The van der Waals surface area contributed by atoms with Crippen molar-refractivity contribution < 1.29 is 9.53 Å². The average Bonchev–Trinajstić information content (AvgIpc) is 2.65. The van der Waals surface area contributed by atoms with Gasteiger partial charge in [-0.1, -0.05) is 60.7 Å². The van der Waals surface area contributed by atoms with Crippen LogP contribution in [0.2, 0.25) is 0 Å². The molecule has 2 N–H and O–H groups in total. The lowest BCUT2D eigenvalue weighted by molar-refractivity contribution is 0.134. The Balaban J connectivity index is 1.65. The molecule has 0 spiro atoms. The molecule has 0 aliphatic carbocycles. The minimum atomic E-state index is -0.225. The van der Waals surface area contributed by atoms with Gasteiger partial charge in [0.15, 0.2) is 0 Å². The highest BCUT2D eigenvalue weighted by atomic mass is 16.5. The number of urea groups is 1. The number of rotatable bonds is 6. The van der Waals surface area contributed by atoms with E-state index in [9.17, 15) is 4.79 Å². The van der Waals surface area contributed by atoms with E-state index in [1.807, 2.05) is 55.5 Å². The first-order valence-corrected chi connectivity index (χ1v) is 8.45. The zero-order valence-corrected chi connectivity index (χ0v) is 14.3. The summed E-state index contributed by atoms with van der Waals surface area (Å²) >= 11 is 0. The van der Waals surface area contributed by atoms with Gasteiger partial charge in [-0.25, -0.2) is 4.79 Å². The van der Waals surface area contributed by atoms with Crippen molar-refractivity contribution in [2.45, 2.75) is 20.1 Å². The predicted molar refractivity (Wildman–Crippen MR) is 102 cm³/mol.